The molecule has 0 radical (unpaired) electrons. The van der Waals surface area contributed by atoms with E-state index in [4.69, 9.17) is 0 Å². The van der Waals surface area contributed by atoms with Crippen molar-refractivity contribution in [1.82, 2.24) is 15.2 Å². The first kappa shape index (κ1) is 16.2. The molecular weight excluding hydrogens is 267 g/mol. The Hall–Kier alpha value is -1.20. The maximum Gasteiger partial charge on any atom is 0.170 e. The molecule has 0 bridgehead atoms. The molecule has 118 valence electrons. The normalized spacial score (nSPS) is 16.4. The van der Waals surface area contributed by atoms with Crippen molar-refractivity contribution in [3.63, 3.8) is 0 Å². The third-order valence-corrected chi connectivity index (χ3v) is 3.90. The third kappa shape index (κ3) is 4.38. The van der Waals surface area contributed by atoms with E-state index in [-0.39, 0.29) is 5.82 Å². The second-order valence-electron chi connectivity index (χ2n) is 5.61. The van der Waals surface area contributed by atoms with Gasteiger partial charge in [0.25, 0.3) is 0 Å². The Kier molecular flexibility index (Phi) is 6.39. The number of nitrogens with one attached hydrogen (secondary N) is 1. The largest absolute Gasteiger partial charge is 0.352 e. The highest BCUT2D eigenvalue weighted by Crippen LogP contribution is 2.20. The van der Waals surface area contributed by atoms with Gasteiger partial charge >= 0.3 is 0 Å². The van der Waals surface area contributed by atoms with Crippen LogP contribution in [0, 0.1) is 5.82 Å². The summed E-state index contributed by atoms with van der Waals surface area (Å²) in [6, 6.07) is 1.77. The summed E-state index contributed by atoms with van der Waals surface area (Å²) in [5, 5.41) is 3.25. The Morgan fingerprint density at radius 3 is 2.62 bits per heavy atom. The molecule has 0 aromatic carbocycles. The summed E-state index contributed by atoms with van der Waals surface area (Å²) < 4.78 is 14.6. The zero-order valence-electron chi connectivity index (χ0n) is 13.2. The van der Waals surface area contributed by atoms with Crippen LogP contribution < -0.4 is 10.2 Å². The molecule has 0 spiro atoms. The summed E-state index contributed by atoms with van der Waals surface area (Å²) in [5.41, 5.74) is 0.712. The zero-order valence-corrected chi connectivity index (χ0v) is 13.2. The molecule has 2 heterocycles. The van der Waals surface area contributed by atoms with Crippen LogP contribution in [-0.2, 0) is 6.54 Å². The second kappa shape index (κ2) is 8.29. The standard InChI is InChI=1S/C16H27FN4/c1-3-6-18-13-14-5-7-19-16(15(14)17)21-11-9-20(8-4-2)10-12-21/h5,7,18H,3-4,6,8-13H2,1-2H3. The average molecular weight is 294 g/mol. The van der Waals surface area contributed by atoms with E-state index in [1.54, 1.807) is 12.3 Å². The molecule has 1 fully saturated rings. The van der Waals surface area contributed by atoms with E-state index in [1.807, 2.05) is 0 Å². The van der Waals surface area contributed by atoms with Crippen LogP contribution in [0.4, 0.5) is 10.2 Å². The number of hydrogen-bond donors (Lipinski definition) is 1. The zero-order chi connectivity index (χ0) is 15.1. The lowest BCUT2D eigenvalue weighted by Crippen LogP contribution is -2.47. The highest BCUT2D eigenvalue weighted by atomic mass is 19.1. The quantitative estimate of drug-likeness (QED) is 0.782. The van der Waals surface area contributed by atoms with E-state index in [9.17, 15) is 4.39 Å². The first-order valence-corrected chi connectivity index (χ1v) is 8.07. The van der Waals surface area contributed by atoms with Gasteiger partial charge in [0.2, 0.25) is 0 Å². The summed E-state index contributed by atoms with van der Waals surface area (Å²) in [7, 11) is 0. The maximum absolute atomic E-state index is 14.6. The van der Waals surface area contributed by atoms with Crippen molar-refractivity contribution < 1.29 is 4.39 Å². The van der Waals surface area contributed by atoms with Crippen LogP contribution in [0.15, 0.2) is 12.3 Å². The molecule has 21 heavy (non-hydrogen) atoms. The van der Waals surface area contributed by atoms with Gasteiger partial charge in [-0.3, -0.25) is 4.90 Å². The molecule has 0 amide bonds. The summed E-state index contributed by atoms with van der Waals surface area (Å²) in [4.78, 5) is 8.77. The Morgan fingerprint density at radius 2 is 1.95 bits per heavy atom. The van der Waals surface area contributed by atoms with E-state index < -0.39 is 0 Å². The lowest BCUT2D eigenvalue weighted by molar-refractivity contribution is 0.257. The molecular formula is C16H27FN4. The van der Waals surface area contributed by atoms with Crippen LogP contribution in [0.3, 0.4) is 0 Å². The topological polar surface area (TPSA) is 31.4 Å². The van der Waals surface area contributed by atoms with Crippen molar-refractivity contribution in [2.24, 2.45) is 0 Å². The molecule has 5 heteroatoms. The number of aromatic nitrogens is 1. The number of hydrogen-bond acceptors (Lipinski definition) is 4. The van der Waals surface area contributed by atoms with Gasteiger partial charge in [-0.2, -0.15) is 0 Å². The minimum atomic E-state index is -0.162. The van der Waals surface area contributed by atoms with Crippen molar-refractivity contribution >= 4 is 5.82 Å². The van der Waals surface area contributed by atoms with Gasteiger partial charge in [0.15, 0.2) is 11.6 Å². The fourth-order valence-corrected chi connectivity index (χ4v) is 2.73. The Labute approximate surface area is 127 Å². The van der Waals surface area contributed by atoms with Gasteiger partial charge in [0, 0.05) is 44.5 Å². The van der Waals surface area contributed by atoms with Crippen LogP contribution >= 0.6 is 0 Å². The number of anilines is 1. The Balaban J connectivity index is 1.98. The van der Waals surface area contributed by atoms with Crippen molar-refractivity contribution in [2.45, 2.75) is 33.2 Å². The summed E-state index contributed by atoms with van der Waals surface area (Å²) in [5.74, 6) is 0.354. The van der Waals surface area contributed by atoms with Crippen molar-refractivity contribution in [2.75, 3.05) is 44.2 Å². The molecule has 4 nitrogen and oxygen atoms in total. The molecule has 1 aliphatic rings. The molecule has 0 atom stereocenters. The molecule has 0 saturated carbocycles. The van der Waals surface area contributed by atoms with Crippen LogP contribution in [0.1, 0.15) is 32.3 Å². The average Bonchev–Trinajstić information content (AvgIpc) is 2.51. The predicted molar refractivity (Wildman–Crippen MR) is 85.1 cm³/mol. The van der Waals surface area contributed by atoms with Crippen molar-refractivity contribution in [3.05, 3.63) is 23.6 Å². The fraction of sp³-hybridized carbons (Fsp3) is 0.688. The number of halogens is 1. The Bertz CT molecular complexity index is 430. The third-order valence-electron chi connectivity index (χ3n) is 3.90. The molecule has 1 N–H and O–H groups in total. The fourth-order valence-electron chi connectivity index (χ4n) is 2.73. The van der Waals surface area contributed by atoms with E-state index >= 15 is 0 Å². The highest BCUT2D eigenvalue weighted by molar-refractivity contribution is 5.43. The highest BCUT2D eigenvalue weighted by Gasteiger charge is 2.21. The molecule has 1 aliphatic heterocycles. The number of rotatable bonds is 7. The van der Waals surface area contributed by atoms with Gasteiger partial charge in [-0.25, -0.2) is 9.37 Å². The van der Waals surface area contributed by atoms with E-state index in [0.29, 0.717) is 17.9 Å². The van der Waals surface area contributed by atoms with Crippen LogP contribution in [0.5, 0.6) is 0 Å². The molecule has 1 saturated heterocycles. The second-order valence-corrected chi connectivity index (χ2v) is 5.61. The van der Waals surface area contributed by atoms with Gasteiger partial charge in [-0.1, -0.05) is 13.8 Å². The SMILES string of the molecule is CCCNCc1ccnc(N2CCN(CCC)CC2)c1F. The van der Waals surface area contributed by atoms with Crippen LogP contribution in [0.2, 0.25) is 0 Å². The number of nitrogens with zero attached hydrogens (tertiary/aromatic N) is 3. The molecule has 1 aromatic heterocycles. The molecule has 0 aliphatic carbocycles. The smallest absolute Gasteiger partial charge is 0.170 e. The first-order chi connectivity index (χ1) is 10.3. The van der Waals surface area contributed by atoms with Gasteiger partial charge in [-0.05, 0) is 32.0 Å². The summed E-state index contributed by atoms with van der Waals surface area (Å²) >= 11 is 0. The minimum Gasteiger partial charge on any atom is -0.352 e. The number of pyridine rings is 1. The lowest BCUT2D eigenvalue weighted by Gasteiger charge is -2.35. The maximum atomic E-state index is 14.6. The van der Waals surface area contributed by atoms with E-state index in [0.717, 1.165) is 45.7 Å². The lowest BCUT2D eigenvalue weighted by atomic mass is 10.2. The predicted octanol–water partition coefficient (Wildman–Crippen LogP) is 2.25. The van der Waals surface area contributed by atoms with Gasteiger partial charge < -0.3 is 10.2 Å². The number of piperazine rings is 1. The van der Waals surface area contributed by atoms with Crippen LogP contribution in [-0.4, -0.2) is 49.2 Å². The van der Waals surface area contributed by atoms with Crippen LogP contribution in [0.25, 0.3) is 0 Å². The molecule has 2 rings (SSSR count). The van der Waals surface area contributed by atoms with Gasteiger partial charge in [-0.15, -0.1) is 0 Å². The van der Waals surface area contributed by atoms with Gasteiger partial charge in [0.1, 0.15) is 0 Å². The van der Waals surface area contributed by atoms with E-state index in [2.05, 4.69) is 33.9 Å². The Morgan fingerprint density at radius 1 is 1.19 bits per heavy atom. The minimum absolute atomic E-state index is 0.162. The first-order valence-electron chi connectivity index (χ1n) is 8.07. The molecule has 0 unspecified atom stereocenters. The van der Waals surface area contributed by atoms with Gasteiger partial charge in [0.05, 0.1) is 0 Å². The molecule has 1 aromatic rings. The van der Waals surface area contributed by atoms with Crippen molar-refractivity contribution in [1.29, 1.82) is 0 Å². The summed E-state index contributed by atoms with van der Waals surface area (Å²) in [6.07, 6.45) is 3.95. The monoisotopic (exact) mass is 294 g/mol. The summed E-state index contributed by atoms with van der Waals surface area (Å²) in [6.45, 7) is 10.6. The van der Waals surface area contributed by atoms with E-state index in [1.165, 1.54) is 6.42 Å². The van der Waals surface area contributed by atoms with Crippen molar-refractivity contribution in [3.8, 4) is 0 Å².